The van der Waals surface area contributed by atoms with Gasteiger partial charge in [0.2, 0.25) is 0 Å². The van der Waals surface area contributed by atoms with E-state index in [0.29, 0.717) is 12.0 Å². The molecular formula is C16H24BrNO2. The van der Waals surface area contributed by atoms with Crippen molar-refractivity contribution in [3.05, 3.63) is 22.2 Å². The van der Waals surface area contributed by atoms with E-state index in [0.717, 1.165) is 28.9 Å². The number of hydrogen-bond donors (Lipinski definition) is 1. The lowest BCUT2D eigenvalue weighted by molar-refractivity contribution is 0.226. The van der Waals surface area contributed by atoms with Crippen molar-refractivity contribution in [2.45, 2.75) is 38.6 Å². The molecule has 0 radical (unpaired) electrons. The van der Waals surface area contributed by atoms with Gasteiger partial charge in [0.15, 0.2) is 0 Å². The van der Waals surface area contributed by atoms with Crippen molar-refractivity contribution in [3.8, 4) is 11.5 Å². The number of benzene rings is 1. The van der Waals surface area contributed by atoms with E-state index in [1.54, 1.807) is 14.2 Å². The molecule has 1 fully saturated rings. The topological polar surface area (TPSA) is 30.5 Å². The van der Waals surface area contributed by atoms with Crippen molar-refractivity contribution in [2.24, 2.45) is 5.92 Å². The number of ether oxygens (including phenoxy) is 2. The summed E-state index contributed by atoms with van der Waals surface area (Å²) < 4.78 is 12.0. The van der Waals surface area contributed by atoms with Gasteiger partial charge in [0.1, 0.15) is 11.5 Å². The van der Waals surface area contributed by atoms with Crippen molar-refractivity contribution in [1.82, 2.24) is 5.32 Å². The fraction of sp³-hybridized carbons (Fsp3) is 0.625. The molecule has 0 spiro atoms. The molecule has 1 aromatic rings. The summed E-state index contributed by atoms with van der Waals surface area (Å²) in [6.45, 7) is 3.23. The summed E-state index contributed by atoms with van der Waals surface area (Å²) in [7, 11) is 3.43. The molecule has 1 unspecified atom stereocenters. The van der Waals surface area contributed by atoms with Crippen LogP contribution in [0.2, 0.25) is 0 Å². The molecule has 1 N–H and O–H groups in total. The standard InChI is InChI=1S/C16H24BrNO2/c1-4-8-18-16(11-6-5-7-11)12-9-15(20-3)13(17)10-14(12)19-2/h9-11,16,18H,4-8H2,1-3H3. The first kappa shape index (κ1) is 15.6. The molecule has 0 bridgehead atoms. The van der Waals surface area contributed by atoms with E-state index in [-0.39, 0.29) is 0 Å². The third-order valence-corrected chi connectivity index (χ3v) is 4.69. The van der Waals surface area contributed by atoms with Gasteiger partial charge in [-0.25, -0.2) is 0 Å². The van der Waals surface area contributed by atoms with Crippen LogP contribution in [0.3, 0.4) is 0 Å². The highest BCUT2D eigenvalue weighted by Gasteiger charge is 2.30. The second-order valence-electron chi connectivity index (χ2n) is 5.35. The van der Waals surface area contributed by atoms with E-state index in [4.69, 9.17) is 9.47 Å². The minimum Gasteiger partial charge on any atom is -0.496 e. The quantitative estimate of drug-likeness (QED) is 0.801. The molecule has 4 heteroatoms. The summed E-state index contributed by atoms with van der Waals surface area (Å²) >= 11 is 3.53. The molecule has 0 heterocycles. The third-order valence-electron chi connectivity index (χ3n) is 4.07. The first-order valence-electron chi connectivity index (χ1n) is 7.36. The Balaban J connectivity index is 2.34. The Labute approximate surface area is 130 Å². The van der Waals surface area contributed by atoms with Gasteiger partial charge in [0, 0.05) is 11.6 Å². The van der Waals surface area contributed by atoms with Gasteiger partial charge in [0.25, 0.3) is 0 Å². The maximum atomic E-state index is 5.58. The van der Waals surface area contributed by atoms with Crippen LogP contribution in [0.5, 0.6) is 11.5 Å². The summed E-state index contributed by atoms with van der Waals surface area (Å²) in [6, 6.07) is 4.47. The number of hydrogen-bond acceptors (Lipinski definition) is 3. The first-order chi connectivity index (χ1) is 9.71. The van der Waals surface area contributed by atoms with E-state index in [1.807, 2.05) is 6.07 Å². The van der Waals surface area contributed by atoms with E-state index in [2.05, 4.69) is 34.2 Å². The molecule has 1 atom stereocenters. The van der Waals surface area contributed by atoms with Gasteiger partial charge < -0.3 is 14.8 Å². The fourth-order valence-corrected chi connectivity index (χ4v) is 3.21. The molecule has 0 amide bonds. The summed E-state index contributed by atoms with van der Waals surface area (Å²) in [4.78, 5) is 0. The van der Waals surface area contributed by atoms with Gasteiger partial charge >= 0.3 is 0 Å². The average molecular weight is 342 g/mol. The smallest absolute Gasteiger partial charge is 0.133 e. The monoisotopic (exact) mass is 341 g/mol. The Bertz CT molecular complexity index is 446. The summed E-state index contributed by atoms with van der Waals surface area (Å²) in [5, 5.41) is 3.68. The van der Waals surface area contributed by atoms with Crippen LogP contribution in [0.25, 0.3) is 0 Å². The van der Waals surface area contributed by atoms with Gasteiger partial charge in [0.05, 0.1) is 18.7 Å². The minimum absolute atomic E-state index is 0.362. The molecule has 3 nitrogen and oxygen atoms in total. The van der Waals surface area contributed by atoms with Crippen molar-refractivity contribution in [1.29, 1.82) is 0 Å². The number of halogens is 1. The third kappa shape index (κ3) is 3.29. The zero-order valence-electron chi connectivity index (χ0n) is 12.5. The van der Waals surface area contributed by atoms with Gasteiger partial charge in [-0.1, -0.05) is 13.3 Å². The van der Waals surface area contributed by atoms with Crippen LogP contribution in [0.1, 0.15) is 44.2 Å². The Morgan fingerprint density at radius 1 is 1.25 bits per heavy atom. The molecule has 2 rings (SSSR count). The molecule has 0 aliphatic heterocycles. The van der Waals surface area contributed by atoms with Gasteiger partial charge in [-0.15, -0.1) is 0 Å². The predicted octanol–water partition coefficient (Wildman–Crippen LogP) is 4.31. The van der Waals surface area contributed by atoms with Crippen LogP contribution in [0.4, 0.5) is 0 Å². The highest BCUT2D eigenvalue weighted by atomic mass is 79.9. The highest BCUT2D eigenvalue weighted by Crippen LogP contribution is 2.43. The maximum Gasteiger partial charge on any atom is 0.133 e. The van der Waals surface area contributed by atoms with Crippen molar-refractivity contribution in [2.75, 3.05) is 20.8 Å². The molecule has 0 saturated heterocycles. The first-order valence-corrected chi connectivity index (χ1v) is 8.15. The molecule has 1 aliphatic rings. The van der Waals surface area contributed by atoms with Crippen LogP contribution in [0.15, 0.2) is 16.6 Å². The lowest BCUT2D eigenvalue weighted by Gasteiger charge is -2.35. The fourth-order valence-electron chi connectivity index (χ4n) is 2.73. The van der Waals surface area contributed by atoms with E-state index < -0.39 is 0 Å². The van der Waals surface area contributed by atoms with E-state index in [9.17, 15) is 0 Å². The molecule has 1 saturated carbocycles. The van der Waals surface area contributed by atoms with Gasteiger partial charge in [-0.3, -0.25) is 0 Å². The summed E-state index contributed by atoms with van der Waals surface area (Å²) in [5.74, 6) is 2.50. The van der Waals surface area contributed by atoms with Crippen molar-refractivity contribution >= 4 is 15.9 Å². The maximum absolute atomic E-state index is 5.58. The summed E-state index contributed by atoms with van der Waals surface area (Å²) in [6.07, 6.45) is 5.07. The van der Waals surface area contributed by atoms with Gasteiger partial charge in [-0.05, 0) is 59.8 Å². The lowest BCUT2D eigenvalue weighted by atomic mass is 9.77. The molecule has 1 aromatic carbocycles. The SMILES string of the molecule is CCCNC(c1cc(OC)c(Br)cc1OC)C1CCC1. The van der Waals surface area contributed by atoms with E-state index >= 15 is 0 Å². The largest absolute Gasteiger partial charge is 0.496 e. The lowest BCUT2D eigenvalue weighted by Crippen LogP contribution is -2.33. The van der Waals surface area contributed by atoms with Crippen LogP contribution in [0, 0.1) is 5.92 Å². The second-order valence-corrected chi connectivity index (χ2v) is 6.21. The zero-order chi connectivity index (χ0) is 14.5. The second kappa shape index (κ2) is 7.32. The van der Waals surface area contributed by atoms with Crippen LogP contribution < -0.4 is 14.8 Å². The Morgan fingerprint density at radius 2 is 1.95 bits per heavy atom. The number of methoxy groups -OCH3 is 2. The van der Waals surface area contributed by atoms with E-state index in [1.165, 1.54) is 24.8 Å². The Morgan fingerprint density at radius 3 is 2.45 bits per heavy atom. The molecule has 20 heavy (non-hydrogen) atoms. The van der Waals surface area contributed by atoms with Crippen LogP contribution >= 0.6 is 15.9 Å². The average Bonchev–Trinajstić information content (AvgIpc) is 2.41. The number of rotatable bonds is 7. The molecular weight excluding hydrogens is 318 g/mol. The van der Waals surface area contributed by atoms with Crippen LogP contribution in [-0.4, -0.2) is 20.8 Å². The highest BCUT2D eigenvalue weighted by molar-refractivity contribution is 9.10. The Hall–Kier alpha value is -0.740. The van der Waals surface area contributed by atoms with Crippen molar-refractivity contribution < 1.29 is 9.47 Å². The Kier molecular flexibility index (Phi) is 5.73. The predicted molar refractivity (Wildman–Crippen MR) is 85.6 cm³/mol. The summed E-state index contributed by atoms with van der Waals surface area (Å²) in [5.41, 5.74) is 1.21. The van der Waals surface area contributed by atoms with Crippen molar-refractivity contribution in [3.63, 3.8) is 0 Å². The molecule has 0 aromatic heterocycles. The minimum atomic E-state index is 0.362. The molecule has 112 valence electrons. The number of nitrogens with one attached hydrogen (secondary N) is 1. The van der Waals surface area contributed by atoms with Crippen LogP contribution in [-0.2, 0) is 0 Å². The van der Waals surface area contributed by atoms with Gasteiger partial charge in [-0.2, -0.15) is 0 Å². The normalized spacial score (nSPS) is 16.6. The molecule has 1 aliphatic carbocycles. The zero-order valence-corrected chi connectivity index (χ0v) is 14.1.